The minimum atomic E-state index is 0.400. The summed E-state index contributed by atoms with van der Waals surface area (Å²) in [5, 5.41) is 0.732. The second-order valence-electron chi connectivity index (χ2n) is 5.83. The molecule has 1 fully saturated rings. The Bertz CT molecular complexity index is 587. The Morgan fingerprint density at radius 3 is 2.80 bits per heavy atom. The zero-order chi connectivity index (χ0) is 14.1. The van der Waals surface area contributed by atoms with Gasteiger partial charge in [0.2, 0.25) is 0 Å². The molecule has 2 aromatic rings. The van der Waals surface area contributed by atoms with Crippen molar-refractivity contribution in [1.82, 2.24) is 14.3 Å². The Hall–Kier alpha value is -1.10. The highest BCUT2D eigenvalue weighted by Gasteiger charge is 2.22. The third-order valence-corrected chi connectivity index (χ3v) is 4.46. The topological polar surface area (TPSA) is 46.6 Å². The van der Waals surface area contributed by atoms with Crippen molar-refractivity contribution >= 4 is 17.2 Å². The average molecular weight is 293 g/mol. The van der Waals surface area contributed by atoms with E-state index in [2.05, 4.69) is 23.1 Å². The molecule has 0 aliphatic heterocycles. The lowest BCUT2D eigenvalue weighted by atomic mass is 9.91. The molecule has 0 unspecified atom stereocenters. The van der Waals surface area contributed by atoms with Gasteiger partial charge in [-0.05, 0) is 44.9 Å². The van der Waals surface area contributed by atoms with E-state index in [4.69, 9.17) is 17.3 Å². The zero-order valence-corrected chi connectivity index (χ0v) is 12.6. The molecule has 2 aromatic heterocycles. The minimum absolute atomic E-state index is 0.400. The molecule has 3 rings (SSSR count). The van der Waals surface area contributed by atoms with Gasteiger partial charge in [0.05, 0.1) is 10.7 Å². The molecule has 0 saturated heterocycles. The van der Waals surface area contributed by atoms with Crippen molar-refractivity contribution in [3.05, 3.63) is 35.2 Å². The van der Waals surface area contributed by atoms with E-state index in [1.165, 1.54) is 12.8 Å². The van der Waals surface area contributed by atoms with Gasteiger partial charge in [-0.3, -0.25) is 4.90 Å². The van der Waals surface area contributed by atoms with Crippen molar-refractivity contribution < 1.29 is 0 Å². The van der Waals surface area contributed by atoms with Gasteiger partial charge in [0, 0.05) is 31.0 Å². The number of hydrogen-bond acceptors (Lipinski definition) is 3. The van der Waals surface area contributed by atoms with E-state index >= 15 is 0 Å². The lowest BCUT2D eigenvalue weighted by Crippen LogP contribution is -2.38. The summed E-state index contributed by atoms with van der Waals surface area (Å²) in [5.74, 6) is 0. The van der Waals surface area contributed by atoms with Crippen LogP contribution in [-0.2, 0) is 6.54 Å². The summed E-state index contributed by atoms with van der Waals surface area (Å²) >= 11 is 6.00. The van der Waals surface area contributed by atoms with E-state index < -0.39 is 0 Å². The molecule has 0 bridgehead atoms. The largest absolute Gasteiger partial charge is 0.328 e. The van der Waals surface area contributed by atoms with Gasteiger partial charge in [-0.1, -0.05) is 11.6 Å². The fraction of sp³-hybridized carbons (Fsp3) is 0.533. The summed E-state index contributed by atoms with van der Waals surface area (Å²) in [7, 11) is 2.18. The second-order valence-corrected chi connectivity index (χ2v) is 6.27. The van der Waals surface area contributed by atoms with Crippen LogP contribution >= 0.6 is 11.6 Å². The smallest absolute Gasteiger partial charge is 0.137 e. The number of nitrogens with two attached hydrogens (primary N) is 1. The Balaban J connectivity index is 1.69. The monoisotopic (exact) mass is 292 g/mol. The number of fused-ring (bicyclic) bond motifs is 1. The molecular weight excluding hydrogens is 272 g/mol. The molecule has 4 nitrogen and oxygen atoms in total. The highest BCUT2D eigenvalue weighted by atomic mass is 35.5. The maximum Gasteiger partial charge on any atom is 0.137 e. The van der Waals surface area contributed by atoms with E-state index in [1.807, 2.05) is 22.7 Å². The van der Waals surface area contributed by atoms with Crippen molar-refractivity contribution in [2.24, 2.45) is 5.73 Å². The van der Waals surface area contributed by atoms with Crippen molar-refractivity contribution in [2.45, 2.75) is 44.3 Å². The summed E-state index contributed by atoms with van der Waals surface area (Å²) in [5.41, 5.74) is 8.00. The number of aromatic nitrogens is 2. The minimum Gasteiger partial charge on any atom is -0.328 e. The van der Waals surface area contributed by atoms with Crippen molar-refractivity contribution in [3.63, 3.8) is 0 Å². The molecular formula is C15H21ClN4. The summed E-state index contributed by atoms with van der Waals surface area (Å²) < 4.78 is 1.99. The molecule has 108 valence electrons. The van der Waals surface area contributed by atoms with Gasteiger partial charge < -0.3 is 10.1 Å². The summed E-state index contributed by atoms with van der Waals surface area (Å²) in [6.07, 6.45) is 8.61. The Morgan fingerprint density at radius 2 is 2.05 bits per heavy atom. The highest BCUT2D eigenvalue weighted by Crippen LogP contribution is 2.22. The molecule has 1 aliphatic carbocycles. The fourth-order valence-electron chi connectivity index (χ4n) is 3.02. The van der Waals surface area contributed by atoms with E-state index in [-0.39, 0.29) is 0 Å². The summed E-state index contributed by atoms with van der Waals surface area (Å²) in [6.45, 7) is 0.874. The van der Waals surface area contributed by atoms with Crippen LogP contribution in [-0.4, -0.2) is 33.4 Å². The standard InChI is InChI=1S/C15H21ClN4/c1-19(14-5-3-12(17)4-6-14)9-13-10-20-8-11(16)2-7-15(20)18-13/h2,7-8,10,12,14H,3-6,9,17H2,1H3. The van der Waals surface area contributed by atoms with Gasteiger partial charge in [-0.15, -0.1) is 0 Å². The fourth-order valence-corrected chi connectivity index (χ4v) is 3.19. The van der Waals surface area contributed by atoms with E-state index in [0.717, 1.165) is 35.8 Å². The van der Waals surface area contributed by atoms with Crippen molar-refractivity contribution in [1.29, 1.82) is 0 Å². The SMILES string of the molecule is CN(Cc1cn2cc(Cl)ccc2n1)C1CCC(N)CC1. The molecule has 2 N–H and O–H groups in total. The first-order chi connectivity index (χ1) is 9.61. The summed E-state index contributed by atoms with van der Waals surface area (Å²) in [4.78, 5) is 7.04. The van der Waals surface area contributed by atoms with Crippen LogP contribution < -0.4 is 5.73 Å². The van der Waals surface area contributed by atoms with Gasteiger partial charge in [-0.25, -0.2) is 4.98 Å². The third-order valence-electron chi connectivity index (χ3n) is 4.24. The number of pyridine rings is 1. The zero-order valence-electron chi connectivity index (χ0n) is 11.8. The molecule has 0 atom stereocenters. The molecule has 5 heteroatoms. The highest BCUT2D eigenvalue weighted by molar-refractivity contribution is 6.30. The van der Waals surface area contributed by atoms with Crippen LogP contribution in [0.4, 0.5) is 0 Å². The lowest BCUT2D eigenvalue weighted by molar-refractivity contribution is 0.175. The normalized spacial score (nSPS) is 23.6. The van der Waals surface area contributed by atoms with Gasteiger partial charge in [0.15, 0.2) is 0 Å². The number of nitrogens with zero attached hydrogens (tertiary/aromatic N) is 3. The van der Waals surface area contributed by atoms with E-state index in [0.29, 0.717) is 12.1 Å². The molecule has 1 saturated carbocycles. The number of halogens is 1. The van der Waals surface area contributed by atoms with Crippen LogP contribution in [0.15, 0.2) is 24.5 Å². The molecule has 20 heavy (non-hydrogen) atoms. The Labute approximate surface area is 124 Å². The molecule has 2 heterocycles. The molecule has 0 aromatic carbocycles. The van der Waals surface area contributed by atoms with Gasteiger partial charge in [0.25, 0.3) is 0 Å². The van der Waals surface area contributed by atoms with Gasteiger partial charge >= 0.3 is 0 Å². The van der Waals surface area contributed by atoms with Crippen molar-refractivity contribution in [3.8, 4) is 0 Å². The van der Waals surface area contributed by atoms with Crippen LogP contribution in [0.3, 0.4) is 0 Å². The van der Waals surface area contributed by atoms with E-state index in [9.17, 15) is 0 Å². The summed E-state index contributed by atoms with van der Waals surface area (Å²) in [6, 6.07) is 4.85. The molecule has 1 aliphatic rings. The van der Waals surface area contributed by atoms with Crippen LogP contribution in [0.5, 0.6) is 0 Å². The number of imidazole rings is 1. The predicted molar refractivity (Wildman–Crippen MR) is 81.9 cm³/mol. The first-order valence-electron chi connectivity index (χ1n) is 7.21. The van der Waals surface area contributed by atoms with Crippen LogP contribution in [0.2, 0.25) is 5.02 Å². The molecule has 0 amide bonds. The molecule has 0 spiro atoms. The maximum atomic E-state index is 6.00. The van der Waals surface area contributed by atoms with Gasteiger partial charge in [0.1, 0.15) is 5.65 Å². The quantitative estimate of drug-likeness (QED) is 0.946. The average Bonchev–Trinajstić information content (AvgIpc) is 2.80. The Kier molecular flexibility index (Phi) is 3.96. The number of rotatable bonds is 3. The lowest BCUT2D eigenvalue weighted by Gasteiger charge is -2.33. The third kappa shape index (κ3) is 2.97. The first-order valence-corrected chi connectivity index (χ1v) is 7.58. The Morgan fingerprint density at radius 1 is 1.30 bits per heavy atom. The maximum absolute atomic E-state index is 6.00. The molecule has 0 radical (unpaired) electrons. The van der Waals surface area contributed by atoms with Crippen LogP contribution in [0, 0.1) is 0 Å². The number of hydrogen-bond donors (Lipinski definition) is 1. The van der Waals surface area contributed by atoms with Gasteiger partial charge in [-0.2, -0.15) is 0 Å². The van der Waals surface area contributed by atoms with Crippen LogP contribution in [0.1, 0.15) is 31.4 Å². The second kappa shape index (κ2) is 5.72. The predicted octanol–water partition coefficient (Wildman–Crippen LogP) is 2.69. The first kappa shape index (κ1) is 13.9. The van der Waals surface area contributed by atoms with Crippen molar-refractivity contribution in [2.75, 3.05) is 7.05 Å². The van der Waals surface area contributed by atoms with E-state index in [1.54, 1.807) is 0 Å². The van der Waals surface area contributed by atoms with Crippen LogP contribution in [0.25, 0.3) is 5.65 Å².